The third-order valence-electron chi connectivity index (χ3n) is 4.35. The Kier molecular flexibility index (Phi) is 4.05. The summed E-state index contributed by atoms with van der Waals surface area (Å²) >= 11 is 0. The molecule has 5 nitrogen and oxygen atoms in total. The van der Waals surface area contributed by atoms with E-state index in [1.54, 1.807) is 29.5 Å². The SMILES string of the molecule is Cc1ccc2oc(C(=O)N(Cc3ccco3)c3ccccn3)c(C)c2c1. The Morgan fingerprint density at radius 2 is 2.00 bits per heavy atom. The molecule has 0 aliphatic carbocycles. The maximum absolute atomic E-state index is 13.3. The van der Waals surface area contributed by atoms with Crippen LogP contribution >= 0.6 is 0 Å². The van der Waals surface area contributed by atoms with Crippen LogP contribution < -0.4 is 4.90 Å². The average Bonchev–Trinajstić information content (AvgIpc) is 3.28. The summed E-state index contributed by atoms with van der Waals surface area (Å²) in [6.07, 6.45) is 3.25. The number of pyridine rings is 1. The lowest BCUT2D eigenvalue weighted by atomic mass is 10.1. The maximum Gasteiger partial charge on any atom is 0.295 e. The zero-order valence-electron chi connectivity index (χ0n) is 14.6. The second-order valence-corrected chi connectivity index (χ2v) is 6.21. The Hall–Kier alpha value is -3.34. The smallest absolute Gasteiger partial charge is 0.295 e. The number of fused-ring (bicyclic) bond motifs is 1. The van der Waals surface area contributed by atoms with E-state index >= 15 is 0 Å². The Balaban J connectivity index is 1.78. The fraction of sp³-hybridized carbons (Fsp3) is 0.143. The van der Waals surface area contributed by atoms with Crippen molar-refractivity contribution < 1.29 is 13.6 Å². The Morgan fingerprint density at radius 3 is 2.73 bits per heavy atom. The highest BCUT2D eigenvalue weighted by atomic mass is 16.3. The van der Waals surface area contributed by atoms with Gasteiger partial charge in [0, 0.05) is 17.1 Å². The van der Waals surface area contributed by atoms with Gasteiger partial charge in [0.05, 0.1) is 12.8 Å². The highest BCUT2D eigenvalue weighted by Gasteiger charge is 2.26. The summed E-state index contributed by atoms with van der Waals surface area (Å²) in [5.74, 6) is 1.30. The standard InChI is InChI=1S/C21H18N2O3/c1-14-8-9-18-17(12-14)15(2)20(26-18)21(24)23(13-16-6-5-11-25-16)19-7-3-4-10-22-19/h3-12H,13H2,1-2H3. The first-order chi connectivity index (χ1) is 12.6. The molecule has 0 fully saturated rings. The molecule has 0 aliphatic rings. The van der Waals surface area contributed by atoms with Gasteiger partial charge in [-0.15, -0.1) is 0 Å². The predicted octanol–water partition coefficient (Wildman–Crippen LogP) is 4.88. The fourth-order valence-electron chi connectivity index (χ4n) is 2.99. The molecule has 130 valence electrons. The van der Waals surface area contributed by atoms with Crippen LogP contribution in [0.25, 0.3) is 11.0 Å². The molecule has 1 aromatic carbocycles. The van der Waals surface area contributed by atoms with Gasteiger partial charge in [-0.3, -0.25) is 9.69 Å². The van der Waals surface area contributed by atoms with Crippen molar-refractivity contribution in [3.05, 3.63) is 83.6 Å². The molecule has 0 spiro atoms. The molecular formula is C21H18N2O3. The van der Waals surface area contributed by atoms with E-state index in [2.05, 4.69) is 4.98 Å². The van der Waals surface area contributed by atoms with Gasteiger partial charge in [0.25, 0.3) is 5.91 Å². The maximum atomic E-state index is 13.3. The quantitative estimate of drug-likeness (QED) is 0.528. The van der Waals surface area contributed by atoms with Crippen LogP contribution in [0.15, 0.2) is 69.8 Å². The van der Waals surface area contributed by atoms with Crippen LogP contribution in [0.1, 0.15) is 27.4 Å². The summed E-state index contributed by atoms with van der Waals surface area (Å²) in [6, 6.07) is 15.0. The molecule has 0 atom stereocenters. The minimum absolute atomic E-state index is 0.244. The van der Waals surface area contributed by atoms with Crippen LogP contribution in [0.2, 0.25) is 0 Å². The highest BCUT2D eigenvalue weighted by Crippen LogP contribution is 2.28. The first kappa shape index (κ1) is 16.1. The topological polar surface area (TPSA) is 59.5 Å². The van der Waals surface area contributed by atoms with Crippen molar-refractivity contribution in [2.75, 3.05) is 4.90 Å². The minimum atomic E-state index is -0.244. The van der Waals surface area contributed by atoms with Crippen LogP contribution in [0.4, 0.5) is 5.82 Å². The second-order valence-electron chi connectivity index (χ2n) is 6.21. The molecule has 0 aliphatic heterocycles. The summed E-state index contributed by atoms with van der Waals surface area (Å²) in [4.78, 5) is 19.2. The normalized spacial score (nSPS) is 11.0. The lowest BCUT2D eigenvalue weighted by Crippen LogP contribution is -2.31. The van der Waals surface area contributed by atoms with Crippen molar-refractivity contribution in [3.63, 3.8) is 0 Å². The summed E-state index contributed by atoms with van der Waals surface area (Å²) in [6.45, 7) is 4.20. The van der Waals surface area contributed by atoms with Crippen LogP contribution in [-0.4, -0.2) is 10.9 Å². The summed E-state index contributed by atoms with van der Waals surface area (Å²) in [5, 5.41) is 0.951. The van der Waals surface area contributed by atoms with Crippen molar-refractivity contribution in [1.82, 2.24) is 4.98 Å². The van der Waals surface area contributed by atoms with Crippen molar-refractivity contribution >= 4 is 22.7 Å². The monoisotopic (exact) mass is 346 g/mol. The molecule has 0 bridgehead atoms. The van der Waals surface area contributed by atoms with Crippen molar-refractivity contribution in [3.8, 4) is 0 Å². The summed E-state index contributed by atoms with van der Waals surface area (Å²) in [7, 11) is 0. The zero-order valence-corrected chi connectivity index (χ0v) is 14.6. The Labute approximate surface area is 150 Å². The third-order valence-corrected chi connectivity index (χ3v) is 4.35. The molecular weight excluding hydrogens is 328 g/mol. The van der Waals surface area contributed by atoms with Crippen molar-refractivity contribution in [2.24, 2.45) is 0 Å². The highest BCUT2D eigenvalue weighted by molar-refractivity contribution is 6.07. The molecule has 3 aromatic heterocycles. The van der Waals surface area contributed by atoms with E-state index in [9.17, 15) is 4.79 Å². The number of hydrogen-bond acceptors (Lipinski definition) is 4. The van der Waals surface area contributed by atoms with Gasteiger partial charge in [-0.25, -0.2) is 4.98 Å². The van der Waals surface area contributed by atoms with Gasteiger partial charge >= 0.3 is 0 Å². The van der Waals surface area contributed by atoms with E-state index in [4.69, 9.17) is 8.83 Å². The van der Waals surface area contributed by atoms with Gasteiger partial charge in [-0.05, 0) is 50.2 Å². The molecule has 0 saturated heterocycles. The van der Waals surface area contributed by atoms with Gasteiger partial charge < -0.3 is 8.83 Å². The van der Waals surface area contributed by atoms with Crippen LogP contribution in [0.5, 0.6) is 0 Å². The lowest BCUT2D eigenvalue weighted by molar-refractivity contribution is 0.0957. The minimum Gasteiger partial charge on any atom is -0.467 e. The summed E-state index contributed by atoms with van der Waals surface area (Å²) < 4.78 is 11.3. The second kappa shape index (κ2) is 6.52. The fourth-order valence-corrected chi connectivity index (χ4v) is 2.99. The molecule has 0 unspecified atom stereocenters. The van der Waals surface area contributed by atoms with E-state index in [1.807, 2.05) is 50.2 Å². The first-order valence-corrected chi connectivity index (χ1v) is 8.38. The Morgan fingerprint density at radius 1 is 1.12 bits per heavy atom. The number of hydrogen-bond donors (Lipinski definition) is 0. The molecule has 3 heterocycles. The van der Waals surface area contributed by atoms with E-state index < -0.39 is 0 Å². The van der Waals surface area contributed by atoms with Crippen molar-refractivity contribution in [1.29, 1.82) is 0 Å². The Bertz CT molecular complexity index is 1050. The van der Waals surface area contributed by atoms with E-state index in [0.29, 0.717) is 22.9 Å². The van der Waals surface area contributed by atoms with Gasteiger partial charge in [0.1, 0.15) is 17.2 Å². The van der Waals surface area contributed by atoms with Gasteiger partial charge in [-0.1, -0.05) is 17.7 Å². The molecule has 0 radical (unpaired) electrons. The number of furan rings is 2. The average molecular weight is 346 g/mol. The molecule has 1 amide bonds. The number of carbonyl (C=O) groups is 1. The van der Waals surface area contributed by atoms with Gasteiger partial charge in [0.2, 0.25) is 0 Å². The van der Waals surface area contributed by atoms with Crippen LogP contribution in [0, 0.1) is 13.8 Å². The molecule has 0 saturated carbocycles. The number of anilines is 1. The number of carbonyl (C=O) groups excluding carboxylic acids is 1. The summed E-state index contributed by atoms with van der Waals surface area (Å²) in [5.41, 5.74) is 2.65. The largest absolute Gasteiger partial charge is 0.467 e. The first-order valence-electron chi connectivity index (χ1n) is 8.38. The van der Waals surface area contributed by atoms with Gasteiger partial charge in [-0.2, -0.15) is 0 Å². The van der Waals surface area contributed by atoms with E-state index in [1.165, 1.54) is 0 Å². The molecule has 5 heteroatoms. The van der Waals surface area contributed by atoms with Crippen molar-refractivity contribution in [2.45, 2.75) is 20.4 Å². The van der Waals surface area contributed by atoms with Crippen LogP contribution in [-0.2, 0) is 6.54 Å². The molecule has 4 rings (SSSR count). The number of aromatic nitrogens is 1. The van der Waals surface area contributed by atoms with Gasteiger partial charge in [0.15, 0.2) is 5.76 Å². The predicted molar refractivity (Wildman–Crippen MR) is 99.1 cm³/mol. The molecule has 0 N–H and O–H groups in total. The van der Waals surface area contributed by atoms with Crippen LogP contribution in [0.3, 0.4) is 0 Å². The number of aryl methyl sites for hydroxylation is 2. The van der Waals surface area contributed by atoms with E-state index in [-0.39, 0.29) is 12.5 Å². The number of benzene rings is 1. The lowest BCUT2D eigenvalue weighted by Gasteiger charge is -2.19. The zero-order chi connectivity index (χ0) is 18.1. The van der Waals surface area contributed by atoms with E-state index in [0.717, 1.165) is 16.5 Å². The number of rotatable bonds is 4. The molecule has 4 aromatic rings. The number of nitrogens with zero attached hydrogens (tertiary/aromatic N) is 2. The third kappa shape index (κ3) is 2.88. The molecule has 26 heavy (non-hydrogen) atoms. The number of amides is 1.